The van der Waals surface area contributed by atoms with Crippen molar-refractivity contribution in [3.63, 3.8) is 0 Å². The standard InChI is InChI=1S/C25H23Cl3F4N2O2/c1-22(2,3)36-21(35)34-12-24(29,13-34)15-6-4-14(5-7-15)19-10-23(11-33-19,25(30,31)32)16-8-17(26)20(28)18(27)9-16/h4-9H,10-13H2,1-3H3. The van der Waals surface area contributed by atoms with Gasteiger partial charge in [-0.1, -0.05) is 59.1 Å². The fraction of sp³-hybridized carbons (Fsp3) is 0.440. The van der Waals surface area contributed by atoms with E-state index in [1.54, 1.807) is 32.9 Å². The average Bonchev–Trinajstić information content (AvgIpc) is 3.21. The van der Waals surface area contributed by atoms with Crippen LogP contribution in [0.5, 0.6) is 0 Å². The Bertz CT molecular complexity index is 1200. The third-order valence-corrected chi connectivity index (χ3v) is 7.56. The Labute approximate surface area is 221 Å². The van der Waals surface area contributed by atoms with Crippen molar-refractivity contribution < 1.29 is 27.1 Å². The first-order chi connectivity index (χ1) is 16.5. The van der Waals surface area contributed by atoms with Crippen LogP contribution in [0.4, 0.5) is 22.4 Å². The molecule has 1 fully saturated rings. The normalized spacial score (nSPS) is 21.7. The molecular formula is C25H23Cl3F4N2O2. The highest BCUT2D eigenvalue weighted by atomic mass is 35.5. The first-order valence-electron chi connectivity index (χ1n) is 11.1. The molecule has 0 radical (unpaired) electrons. The fourth-order valence-corrected chi connectivity index (χ4v) is 4.95. The number of carbonyl (C=O) groups excluding carboxylic acids is 1. The number of carbonyl (C=O) groups is 1. The van der Waals surface area contributed by atoms with Crippen LogP contribution in [0.1, 0.15) is 43.9 Å². The number of amides is 1. The molecule has 2 aliphatic rings. The Hall–Kier alpha value is -2.03. The summed E-state index contributed by atoms with van der Waals surface area (Å²) in [6.07, 6.45) is -5.67. The second-order valence-electron chi connectivity index (χ2n) is 10.2. The second kappa shape index (κ2) is 9.07. The van der Waals surface area contributed by atoms with Gasteiger partial charge in [0.25, 0.3) is 0 Å². The number of aliphatic imine (C=N–C) groups is 1. The summed E-state index contributed by atoms with van der Waals surface area (Å²) >= 11 is 18.0. The van der Waals surface area contributed by atoms with Gasteiger partial charge in [0, 0.05) is 12.1 Å². The number of alkyl halides is 4. The minimum atomic E-state index is -4.64. The molecule has 0 bridgehead atoms. The molecule has 2 heterocycles. The predicted molar refractivity (Wildman–Crippen MR) is 132 cm³/mol. The van der Waals surface area contributed by atoms with E-state index in [0.29, 0.717) is 11.1 Å². The van der Waals surface area contributed by atoms with Crippen LogP contribution < -0.4 is 0 Å². The number of hydrogen-bond donors (Lipinski definition) is 0. The summed E-state index contributed by atoms with van der Waals surface area (Å²) in [5, 5.41) is -0.167. The summed E-state index contributed by atoms with van der Waals surface area (Å²) in [6, 6.07) is 8.44. The molecule has 2 aliphatic heterocycles. The Balaban J connectivity index is 1.52. The van der Waals surface area contributed by atoms with Crippen LogP contribution in [0.25, 0.3) is 0 Å². The van der Waals surface area contributed by atoms with Crippen LogP contribution in [0, 0.1) is 0 Å². The molecule has 0 saturated carbocycles. The van der Waals surface area contributed by atoms with E-state index in [1.807, 2.05) is 0 Å². The molecule has 1 saturated heterocycles. The predicted octanol–water partition coefficient (Wildman–Crippen LogP) is 7.76. The highest BCUT2D eigenvalue weighted by Crippen LogP contribution is 2.50. The number of hydrogen-bond acceptors (Lipinski definition) is 3. The minimum absolute atomic E-state index is 0.0180. The van der Waals surface area contributed by atoms with E-state index in [-0.39, 0.29) is 39.4 Å². The lowest BCUT2D eigenvalue weighted by Gasteiger charge is -2.44. The van der Waals surface area contributed by atoms with Gasteiger partial charge in [-0.3, -0.25) is 4.99 Å². The van der Waals surface area contributed by atoms with Crippen molar-refractivity contribution in [2.45, 2.75) is 50.1 Å². The summed E-state index contributed by atoms with van der Waals surface area (Å²) in [7, 11) is 0. The Morgan fingerprint density at radius 1 is 1.00 bits per heavy atom. The van der Waals surface area contributed by atoms with E-state index >= 15 is 4.39 Å². The monoisotopic (exact) mass is 564 g/mol. The molecule has 1 unspecified atom stereocenters. The minimum Gasteiger partial charge on any atom is -0.444 e. The van der Waals surface area contributed by atoms with Crippen LogP contribution in [0.2, 0.25) is 15.1 Å². The number of likely N-dealkylation sites (tertiary alicyclic amines) is 1. The van der Waals surface area contributed by atoms with E-state index in [0.717, 1.165) is 0 Å². The van der Waals surface area contributed by atoms with Gasteiger partial charge < -0.3 is 9.64 Å². The van der Waals surface area contributed by atoms with Crippen molar-refractivity contribution in [3.05, 3.63) is 68.2 Å². The van der Waals surface area contributed by atoms with Gasteiger partial charge in [0.2, 0.25) is 0 Å². The van der Waals surface area contributed by atoms with Crippen molar-refractivity contribution in [3.8, 4) is 0 Å². The first-order valence-corrected chi connectivity index (χ1v) is 12.2. The van der Waals surface area contributed by atoms with Gasteiger partial charge in [-0.25, -0.2) is 9.18 Å². The van der Waals surface area contributed by atoms with Gasteiger partial charge >= 0.3 is 12.3 Å². The van der Waals surface area contributed by atoms with Crippen molar-refractivity contribution in [1.82, 2.24) is 4.90 Å². The Morgan fingerprint density at radius 3 is 2.06 bits per heavy atom. The molecule has 1 atom stereocenters. The molecule has 194 valence electrons. The average molecular weight is 566 g/mol. The lowest BCUT2D eigenvalue weighted by atomic mass is 9.76. The topological polar surface area (TPSA) is 41.9 Å². The molecule has 36 heavy (non-hydrogen) atoms. The maximum absolute atomic E-state index is 15.3. The van der Waals surface area contributed by atoms with E-state index < -0.39 is 41.9 Å². The zero-order valence-electron chi connectivity index (χ0n) is 19.6. The third kappa shape index (κ3) is 4.92. The van der Waals surface area contributed by atoms with Crippen LogP contribution >= 0.6 is 34.8 Å². The molecule has 11 heteroatoms. The van der Waals surface area contributed by atoms with Crippen molar-refractivity contribution in [1.29, 1.82) is 0 Å². The molecule has 0 aromatic heterocycles. The van der Waals surface area contributed by atoms with Gasteiger partial charge in [-0.15, -0.1) is 0 Å². The lowest BCUT2D eigenvalue weighted by molar-refractivity contribution is -0.183. The molecule has 0 spiro atoms. The van der Waals surface area contributed by atoms with Gasteiger partial charge in [0.05, 0.1) is 34.7 Å². The van der Waals surface area contributed by atoms with Crippen LogP contribution in [-0.2, 0) is 15.8 Å². The SMILES string of the molecule is CC(C)(C)OC(=O)N1CC(F)(c2ccc(C3=NCC(c4cc(Cl)c(Cl)c(Cl)c4)(C(F)(F)F)C3)cc2)C1. The van der Waals surface area contributed by atoms with E-state index in [2.05, 4.69) is 4.99 Å². The first kappa shape index (κ1) is 27.0. The van der Waals surface area contributed by atoms with Crippen LogP contribution in [-0.4, -0.2) is 48.1 Å². The number of rotatable bonds is 3. The maximum atomic E-state index is 15.3. The van der Waals surface area contributed by atoms with Crippen molar-refractivity contribution in [2.75, 3.05) is 19.6 Å². The van der Waals surface area contributed by atoms with Gasteiger partial charge in [0.1, 0.15) is 11.0 Å². The second-order valence-corrected chi connectivity index (χ2v) is 11.3. The largest absolute Gasteiger partial charge is 0.444 e. The highest BCUT2D eigenvalue weighted by molar-refractivity contribution is 6.48. The number of halogens is 7. The zero-order chi connectivity index (χ0) is 26.7. The zero-order valence-corrected chi connectivity index (χ0v) is 21.9. The summed E-state index contributed by atoms with van der Waals surface area (Å²) in [4.78, 5) is 17.6. The molecule has 2 aromatic carbocycles. The summed E-state index contributed by atoms with van der Waals surface area (Å²) < 4.78 is 63.6. The summed E-state index contributed by atoms with van der Waals surface area (Å²) in [6.45, 7) is 4.29. The molecule has 4 rings (SSSR count). The number of ether oxygens (including phenoxy) is 1. The van der Waals surface area contributed by atoms with Crippen molar-refractivity contribution >= 4 is 46.6 Å². The van der Waals surface area contributed by atoms with E-state index in [1.165, 1.54) is 29.2 Å². The number of nitrogens with zero attached hydrogens (tertiary/aromatic N) is 2. The molecule has 0 aliphatic carbocycles. The summed E-state index contributed by atoms with van der Waals surface area (Å²) in [5.74, 6) is 0. The summed E-state index contributed by atoms with van der Waals surface area (Å²) in [5.41, 5.74) is -3.89. The van der Waals surface area contributed by atoms with E-state index in [4.69, 9.17) is 39.5 Å². The molecule has 0 N–H and O–H groups in total. The molecule has 2 aromatic rings. The van der Waals surface area contributed by atoms with Gasteiger partial charge in [-0.2, -0.15) is 13.2 Å². The molecule has 1 amide bonds. The third-order valence-electron chi connectivity index (χ3n) is 6.36. The fourth-order valence-electron chi connectivity index (χ4n) is 4.36. The lowest BCUT2D eigenvalue weighted by Crippen LogP contribution is -2.59. The quantitative estimate of drug-likeness (QED) is 0.282. The van der Waals surface area contributed by atoms with Crippen LogP contribution in [0.3, 0.4) is 0 Å². The highest BCUT2D eigenvalue weighted by Gasteiger charge is 2.58. The molecular weight excluding hydrogens is 543 g/mol. The molecule has 4 nitrogen and oxygen atoms in total. The Kier molecular flexibility index (Phi) is 6.80. The van der Waals surface area contributed by atoms with Crippen molar-refractivity contribution in [2.24, 2.45) is 4.99 Å². The van der Waals surface area contributed by atoms with E-state index in [9.17, 15) is 18.0 Å². The van der Waals surface area contributed by atoms with Gasteiger partial charge in [-0.05, 0) is 49.6 Å². The van der Waals surface area contributed by atoms with Crippen LogP contribution in [0.15, 0.2) is 41.4 Å². The Morgan fingerprint density at radius 2 is 1.56 bits per heavy atom. The van der Waals surface area contributed by atoms with Gasteiger partial charge in [0.15, 0.2) is 5.67 Å². The number of benzene rings is 2. The smallest absolute Gasteiger partial charge is 0.410 e. The maximum Gasteiger partial charge on any atom is 0.410 e.